The first-order valence-corrected chi connectivity index (χ1v) is 19.8. The number of aliphatic hydroxyl groups is 1. The van der Waals surface area contributed by atoms with E-state index in [4.69, 9.17) is 14.2 Å². The minimum absolute atomic E-state index is 0.0583. The van der Waals surface area contributed by atoms with Crippen molar-refractivity contribution in [2.45, 2.75) is 93.5 Å². The molecular formula is C42H54BrN3O8. The minimum atomic E-state index is -1.30. The van der Waals surface area contributed by atoms with Gasteiger partial charge < -0.3 is 34.4 Å². The molecule has 0 saturated carbocycles. The molecular weight excluding hydrogens is 754 g/mol. The molecule has 2 bridgehead atoms. The average Bonchev–Trinajstić information content (AvgIpc) is 3.75. The maximum absolute atomic E-state index is 15.1. The number of methoxy groups -OCH3 is 1. The van der Waals surface area contributed by atoms with Gasteiger partial charge in [-0.2, -0.15) is 0 Å². The summed E-state index contributed by atoms with van der Waals surface area (Å²) in [5.41, 5.74) is 1.95. The highest BCUT2D eigenvalue weighted by Gasteiger charge is 2.77. The fourth-order valence-electron chi connectivity index (χ4n) is 8.39. The molecule has 1 spiro atoms. The number of nitrogens with one attached hydrogen (secondary N) is 1. The van der Waals surface area contributed by atoms with Crippen LogP contribution in [-0.4, -0.2) is 95.7 Å². The predicted octanol–water partition coefficient (Wildman–Crippen LogP) is 5.51. The van der Waals surface area contributed by atoms with Gasteiger partial charge in [-0.3, -0.25) is 19.2 Å². The van der Waals surface area contributed by atoms with Gasteiger partial charge in [-0.25, -0.2) is 0 Å². The topological polar surface area (TPSA) is 135 Å². The van der Waals surface area contributed by atoms with E-state index in [-0.39, 0.29) is 55.3 Å². The molecule has 54 heavy (non-hydrogen) atoms. The van der Waals surface area contributed by atoms with Gasteiger partial charge in [0.15, 0.2) is 0 Å². The third kappa shape index (κ3) is 8.51. The van der Waals surface area contributed by atoms with E-state index < -0.39 is 47.7 Å². The Bertz CT molecular complexity index is 1670. The molecule has 292 valence electrons. The highest BCUT2D eigenvalue weighted by atomic mass is 79.9. The molecule has 8 atom stereocenters. The molecule has 5 rings (SSSR count). The lowest BCUT2D eigenvalue weighted by Crippen LogP contribution is -2.57. The third-order valence-corrected chi connectivity index (χ3v) is 11.7. The number of allylic oxidation sites excluding steroid dienone is 1. The minimum Gasteiger partial charge on any atom is -0.455 e. The van der Waals surface area contributed by atoms with Gasteiger partial charge in [-0.1, -0.05) is 83.4 Å². The molecule has 3 saturated heterocycles. The van der Waals surface area contributed by atoms with E-state index in [2.05, 4.69) is 34.4 Å². The molecule has 2 N–H and O–H groups in total. The van der Waals surface area contributed by atoms with Crippen molar-refractivity contribution in [2.75, 3.05) is 38.3 Å². The standard InChI is InChI=1S/C42H54BrN3O8/c1-6-8-18-33(48)44-31(26-52-5)36(29-16-12-11-13-17-29)53-41(51)34-35-39(49)46(22-14-9-10-15-23-47)38(42(35)25-30(43)37(34)54-42)40(50)45(21-7-2)32-24-27(3)19-20-28(32)4/h6-7,11-13,16-17,19-20,24,30-31,34-38,47H,1-2,8-10,14-15,18,21-23,25-26H2,3-5H3,(H,44,48)/t30?,31-,34+,35-,36-,37+,38+,42-/m0/s1. The number of carbonyl (C=O) groups excluding carboxylic acids is 4. The van der Waals surface area contributed by atoms with Gasteiger partial charge >= 0.3 is 5.97 Å². The first-order valence-electron chi connectivity index (χ1n) is 18.9. The number of fused-ring (bicyclic) bond motifs is 1. The number of carbonyl (C=O) groups is 4. The lowest BCUT2D eigenvalue weighted by atomic mass is 9.70. The maximum Gasteiger partial charge on any atom is 0.313 e. The van der Waals surface area contributed by atoms with Gasteiger partial charge in [0.1, 0.15) is 17.7 Å². The Kier molecular flexibility index (Phi) is 14.3. The summed E-state index contributed by atoms with van der Waals surface area (Å²) in [5, 5.41) is 12.3. The fourth-order valence-corrected chi connectivity index (χ4v) is 9.33. The average molecular weight is 809 g/mol. The van der Waals surface area contributed by atoms with Crippen molar-refractivity contribution in [1.29, 1.82) is 0 Å². The number of aliphatic hydroxyl groups excluding tert-OH is 1. The van der Waals surface area contributed by atoms with E-state index in [9.17, 15) is 19.5 Å². The van der Waals surface area contributed by atoms with E-state index in [0.717, 1.165) is 29.7 Å². The zero-order valence-electron chi connectivity index (χ0n) is 31.6. The van der Waals surface area contributed by atoms with Crippen LogP contribution >= 0.6 is 15.9 Å². The molecule has 3 fully saturated rings. The smallest absolute Gasteiger partial charge is 0.313 e. The van der Waals surface area contributed by atoms with E-state index >= 15 is 4.79 Å². The number of hydrogen-bond donors (Lipinski definition) is 2. The largest absolute Gasteiger partial charge is 0.455 e. The number of aryl methyl sites for hydroxylation is 2. The number of anilines is 1. The number of unbranched alkanes of at least 4 members (excludes halogenated alkanes) is 3. The zero-order chi connectivity index (χ0) is 39.0. The normalized spacial score (nSPS) is 25.2. The predicted molar refractivity (Wildman–Crippen MR) is 210 cm³/mol. The number of rotatable bonds is 20. The Morgan fingerprint density at radius 2 is 1.85 bits per heavy atom. The van der Waals surface area contributed by atoms with Crippen LogP contribution in [0.4, 0.5) is 5.69 Å². The summed E-state index contributed by atoms with van der Waals surface area (Å²) in [4.78, 5) is 60.5. The Morgan fingerprint density at radius 3 is 2.54 bits per heavy atom. The van der Waals surface area contributed by atoms with Crippen LogP contribution in [-0.2, 0) is 33.4 Å². The fraction of sp³-hybridized carbons (Fsp3) is 0.524. The first-order chi connectivity index (χ1) is 26.0. The monoisotopic (exact) mass is 807 g/mol. The van der Waals surface area contributed by atoms with Crippen molar-refractivity contribution in [3.8, 4) is 0 Å². The SMILES string of the molecule is C=CCCC(=O)N[C@@H](COC)[C@@H](OC(=O)[C@H]1[C@@H]2O[C@@]3(CC2Br)[C@@H]1C(=O)N(CCCCCCO)[C@@H]3C(=O)N(CC=C)c1cc(C)ccc1C)c1ccccc1. The van der Waals surface area contributed by atoms with Gasteiger partial charge in [-0.15, -0.1) is 13.2 Å². The van der Waals surface area contributed by atoms with Crippen LogP contribution in [0.15, 0.2) is 73.8 Å². The van der Waals surface area contributed by atoms with Gasteiger partial charge in [0.2, 0.25) is 11.8 Å². The summed E-state index contributed by atoms with van der Waals surface area (Å²) in [6.45, 7) is 12.2. The molecule has 2 aromatic rings. The summed E-state index contributed by atoms with van der Waals surface area (Å²) in [5.74, 6) is -3.50. The number of likely N-dealkylation sites (tertiary alicyclic amines) is 1. The van der Waals surface area contributed by atoms with Crippen LogP contribution in [0.25, 0.3) is 0 Å². The van der Waals surface area contributed by atoms with Crippen molar-refractivity contribution in [3.05, 3.63) is 90.5 Å². The number of alkyl halides is 1. The summed E-state index contributed by atoms with van der Waals surface area (Å²) in [6.07, 6.45) is 5.47. The highest BCUT2D eigenvalue weighted by molar-refractivity contribution is 9.09. The quantitative estimate of drug-likeness (QED) is 0.0776. The lowest BCUT2D eigenvalue weighted by molar-refractivity contribution is -0.163. The van der Waals surface area contributed by atoms with E-state index in [1.54, 1.807) is 22.0 Å². The second kappa shape index (κ2) is 18.7. The van der Waals surface area contributed by atoms with Crippen molar-refractivity contribution in [1.82, 2.24) is 10.2 Å². The second-order valence-corrected chi connectivity index (χ2v) is 15.8. The summed E-state index contributed by atoms with van der Waals surface area (Å²) in [7, 11) is 1.51. The molecule has 11 nitrogen and oxygen atoms in total. The second-order valence-electron chi connectivity index (χ2n) is 14.6. The first kappa shape index (κ1) is 41.3. The van der Waals surface area contributed by atoms with Crippen LogP contribution < -0.4 is 10.2 Å². The van der Waals surface area contributed by atoms with Crippen LogP contribution in [0.2, 0.25) is 0 Å². The Labute approximate surface area is 327 Å². The molecule has 3 aliphatic rings. The van der Waals surface area contributed by atoms with Crippen molar-refractivity contribution in [3.63, 3.8) is 0 Å². The molecule has 2 aromatic carbocycles. The summed E-state index contributed by atoms with van der Waals surface area (Å²) >= 11 is 3.78. The summed E-state index contributed by atoms with van der Waals surface area (Å²) in [6, 6.07) is 13.3. The van der Waals surface area contributed by atoms with Crippen LogP contribution in [0, 0.1) is 25.7 Å². The van der Waals surface area contributed by atoms with Crippen molar-refractivity contribution < 1.29 is 38.5 Å². The number of benzene rings is 2. The number of esters is 1. The van der Waals surface area contributed by atoms with Gasteiger partial charge in [0.25, 0.3) is 5.91 Å². The molecule has 0 aliphatic carbocycles. The number of amides is 3. The Balaban J connectivity index is 1.53. The summed E-state index contributed by atoms with van der Waals surface area (Å²) < 4.78 is 18.7. The molecule has 3 heterocycles. The van der Waals surface area contributed by atoms with Gasteiger partial charge in [0, 0.05) is 43.7 Å². The zero-order valence-corrected chi connectivity index (χ0v) is 33.2. The molecule has 0 aromatic heterocycles. The highest BCUT2D eigenvalue weighted by Crippen LogP contribution is 2.60. The van der Waals surface area contributed by atoms with Crippen LogP contribution in [0.5, 0.6) is 0 Å². The van der Waals surface area contributed by atoms with Crippen molar-refractivity contribution >= 4 is 45.3 Å². The molecule has 3 amide bonds. The number of halogens is 1. The number of hydrogen-bond acceptors (Lipinski definition) is 8. The van der Waals surface area contributed by atoms with E-state index in [1.165, 1.54) is 7.11 Å². The van der Waals surface area contributed by atoms with Crippen LogP contribution in [0.3, 0.4) is 0 Å². The van der Waals surface area contributed by atoms with E-state index in [0.29, 0.717) is 31.2 Å². The van der Waals surface area contributed by atoms with E-state index in [1.807, 2.05) is 62.4 Å². The Hall–Kier alpha value is -3.84. The number of ether oxygens (including phenoxy) is 3. The lowest BCUT2D eigenvalue weighted by Gasteiger charge is -2.37. The molecule has 3 aliphatic heterocycles. The number of nitrogens with zero attached hydrogens (tertiary/aromatic N) is 2. The third-order valence-electron chi connectivity index (χ3n) is 10.8. The molecule has 0 radical (unpaired) electrons. The molecule has 1 unspecified atom stereocenters. The molecule has 12 heteroatoms. The van der Waals surface area contributed by atoms with Crippen LogP contribution in [0.1, 0.15) is 67.7 Å². The maximum atomic E-state index is 15.1. The van der Waals surface area contributed by atoms with Gasteiger partial charge in [-0.05, 0) is 62.3 Å². The van der Waals surface area contributed by atoms with Gasteiger partial charge in [0.05, 0.1) is 30.6 Å². The Morgan fingerprint density at radius 1 is 1.11 bits per heavy atom. The van der Waals surface area contributed by atoms with Crippen molar-refractivity contribution in [2.24, 2.45) is 11.8 Å².